The fraction of sp³-hybridized carbons (Fsp3) is 0.417. The van der Waals surface area contributed by atoms with E-state index in [0.717, 1.165) is 37.6 Å². The van der Waals surface area contributed by atoms with E-state index < -0.39 is 23.9 Å². The summed E-state index contributed by atoms with van der Waals surface area (Å²) >= 11 is 12.2. The Hall–Kier alpha value is -2.54. The van der Waals surface area contributed by atoms with Crippen molar-refractivity contribution in [3.8, 4) is 0 Å². The average Bonchev–Trinajstić information content (AvgIpc) is 3.00. The molecule has 3 heterocycles. The standard InChI is InChI=1S/C20H21Cl2N3O.C4F6O2/c21-17-2-1-13(9-18(17)22)24-14-7-12-11-26-6-5-25-19-3-4-23-10-16(19)15(8-14)20(12)25;5-3(6,7)1(11)2(12)4(8,9)10/h1-2,7-9,16,19,23-24H,3-6,10-11H2;/t16-,19-;/m0./s1. The number of carbonyl (C=O) groups excluding carboxylic acids is 2. The van der Waals surface area contributed by atoms with Crippen molar-refractivity contribution in [2.45, 2.75) is 37.3 Å². The number of rotatable bonds is 3. The summed E-state index contributed by atoms with van der Waals surface area (Å²) in [6.07, 6.45) is -10.4. The molecule has 2 N–H and O–H groups in total. The molecule has 5 rings (SSSR count). The van der Waals surface area contributed by atoms with Crippen molar-refractivity contribution in [2.24, 2.45) is 0 Å². The van der Waals surface area contributed by atoms with Gasteiger partial charge >= 0.3 is 23.9 Å². The molecule has 0 bridgehead atoms. The van der Waals surface area contributed by atoms with Crippen LogP contribution in [0.5, 0.6) is 0 Å². The number of halogens is 8. The van der Waals surface area contributed by atoms with Crippen LogP contribution in [0, 0.1) is 0 Å². The normalized spacial score (nSPS) is 20.5. The molecule has 0 amide bonds. The minimum absolute atomic E-state index is 0.547. The van der Waals surface area contributed by atoms with E-state index in [2.05, 4.69) is 27.7 Å². The van der Waals surface area contributed by atoms with Gasteiger partial charge < -0.3 is 20.3 Å². The summed E-state index contributed by atoms with van der Waals surface area (Å²) < 4.78 is 72.8. The first-order chi connectivity index (χ1) is 17.8. The van der Waals surface area contributed by atoms with Crippen LogP contribution in [-0.4, -0.2) is 56.2 Å². The zero-order chi connectivity index (χ0) is 27.8. The Morgan fingerprint density at radius 2 is 1.66 bits per heavy atom. The number of benzene rings is 2. The van der Waals surface area contributed by atoms with E-state index >= 15 is 0 Å². The maximum absolute atomic E-state index is 11.2. The van der Waals surface area contributed by atoms with Crippen LogP contribution in [0.2, 0.25) is 10.0 Å². The van der Waals surface area contributed by atoms with E-state index in [-0.39, 0.29) is 0 Å². The highest BCUT2D eigenvalue weighted by Gasteiger charge is 2.54. The molecule has 0 unspecified atom stereocenters. The van der Waals surface area contributed by atoms with Crippen LogP contribution in [0.1, 0.15) is 23.5 Å². The molecule has 0 radical (unpaired) electrons. The fourth-order valence-corrected chi connectivity index (χ4v) is 5.15. The SMILES string of the molecule is Clc1ccc(Nc2cc3c4c(c2)[C@@H]2CNCC[C@@H]2N4CCOC3)cc1Cl.O=C(C(=O)C(F)(F)F)C(F)(F)F. The topological polar surface area (TPSA) is 70.7 Å². The Balaban J connectivity index is 0.000000240. The van der Waals surface area contributed by atoms with Gasteiger partial charge in [0.1, 0.15) is 0 Å². The summed E-state index contributed by atoms with van der Waals surface area (Å²) in [7, 11) is 0. The van der Waals surface area contributed by atoms with Gasteiger partial charge in [0.15, 0.2) is 0 Å². The third-order valence-corrected chi connectivity index (χ3v) is 7.15. The molecule has 1 saturated heterocycles. The molecule has 0 saturated carbocycles. The second-order valence-corrected chi connectivity index (χ2v) is 9.71. The van der Waals surface area contributed by atoms with E-state index in [9.17, 15) is 35.9 Å². The first-order valence-electron chi connectivity index (χ1n) is 11.4. The molecule has 14 heteroatoms. The summed E-state index contributed by atoms with van der Waals surface area (Å²) in [5.41, 5.74) is 6.13. The lowest BCUT2D eigenvalue weighted by molar-refractivity contribution is -0.193. The van der Waals surface area contributed by atoms with Crippen LogP contribution < -0.4 is 15.5 Å². The molecule has 3 aliphatic heterocycles. The number of carbonyl (C=O) groups is 2. The molecule has 0 aliphatic carbocycles. The maximum Gasteiger partial charge on any atom is 0.458 e. The van der Waals surface area contributed by atoms with Gasteiger partial charge in [-0.2, -0.15) is 26.3 Å². The van der Waals surface area contributed by atoms with Gasteiger partial charge in [-0.15, -0.1) is 0 Å². The summed E-state index contributed by atoms with van der Waals surface area (Å²) in [4.78, 5) is 21.8. The molecule has 2 aromatic carbocycles. The molecule has 38 heavy (non-hydrogen) atoms. The number of nitrogens with one attached hydrogen (secondary N) is 2. The molecule has 2 aromatic rings. The number of nitrogens with zero attached hydrogens (tertiary/aromatic N) is 1. The van der Waals surface area contributed by atoms with Crippen molar-refractivity contribution < 1.29 is 40.7 Å². The summed E-state index contributed by atoms with van der Waals surface area (Å²) in [6.45, 7) is 4.59. The predicted molar refractivity (Wildman–Crippen MR) is 129 cm³/mol. The highest BCUT2D eigenvalue weighted by atomic mass is 35.5. The highest BCUT2D eigenvalue weighted by Crippen LogP contribution is 2.47. The van der Waals surface area contributed by atoms with Gasteiger partial charge in [0.2, 0.25) is 0 Å². The summed E-state index contributed by atoms with van der Waals surface area (Å²) in [6, 6.07) is 10.7. The minimum Gasteiger partial charge on any atom is -0.375 e. The number of hydrogen-bond acceptors (Lipinski definition) is 6. The number of alkyl halides is 6. The number of hydrogen-bond donors (Lipinski definition) is 2. The Bertz CT molecular complexity index is 1210. The second kappa shape index (κ2) is 10.9. The van der Waals surface area contributed by atoms with Crippen LogP contribution >= 0.6 is 23.2 Å². The molecule has 1 fully saturated rings. The van der Waals surface area contributed by atoms with Gasteiger partial charge in [0.05, 0.1) is 23.3 Å². The number of ketones is 2. The Labute approximate surface area is 223 Å². The number of Topliss-reactive ketones (excluding diaryl/α,β-unsaturated/α-hetero) is 2. The van der Waals surface area contributed by atoms with Crippen LogP contribution in [0.15, 0.2) is 30.3 Å². The third kappa shape index (κ3) is 6.03. The van der Waals surface area contributed by atoms with Crippen molar-refractivity contribution in [1.82, 2.24) is 5.32 Å². The Morgan fingerprint density at radius 3 is 2.29 bits per heavy atom. The molecule has 2 atom stereocenters. The zero-order valence-corrected chi connectivity index (χ0v) is 21.0. The van der Waals surface area contributed by atoms with E-state index in [4.69, 9.17) is 27.9 Å². The first kappa shape index (κ1) is 28.5. The lowest BCUT2D eigenvalue weighted by Crippen LogP contribution is -2.44. The number of piperidine rings is 1. The van der Waals surface area contributed by atoms with Gasteiger partial charge in [-0.05, 0) is 48.9 Å². The highest BCUT2D eigenvalue weighted by molar-refractivity contribution is 6.42. The number of fused-ring (bicyclic) bond motifs is 3. The van der Waals surface area contributed by atoms with Crippen LogP contribution in [0.3, 0.4) is 0 Å². The van der Waals surface area contributed by atoms with Crippen LogP contribution in [0.25, 0.3) is 0 Å². The van der Waals surface area contributed by atoms with Crippen LogP contribution in [0.4, 0.5) is 43.4 Å². The van der Waals surface area contributed by atoms with E-state index in [1.807, 2.05) is 18.2 Å². The van der Waals surface area contributed by atoms with Gasteiger partial charge in [-0.1, -0.05) is 23.2 Å². The maximum atomic E-state index is 11.2. The Morgan fingerprint density at radius 1 is 0.974 bits per heavy atom. The molecular formula is C24H21Cl2F6N3O3. The van der Waals surface area contributed by atoms with Gasteiger partial charge in [0, 0.05) is 47.7 Å². The molecule has 6 nitrogen and oxygen atoms in total. The monoisotopic (exact) mass is 583 g/mol. The number of anilines is 3. The second-order valence-electron chi connectivity index (χ2n) is 8.89. The van der Waals surface area contributed by atoms with Gasteiger partial charge in [-0.25, -0.2) is 0 Å². The summed E-state index contributed by atoms with van der Waals surface area (Å²) in [5.74, 6) is -6.27. The number of ether oxygens (including phenoxy) is 1. The van der Waals surface area contributed by atoms with Crippen molar-refractivity contribution >= 4 is 51.8 Å². The van der Waals surface area contributed by atoms with Crippen molar-refractivity contribution in [3.05, 3.63) is 51.5 Å². The zero-order valence-electron chi connectivity index (χ0n) is 19.5. The quantitative estimate of drug-likeness (QED) is 0.352. The average molecular weight is 584 g/mol. The van der Waals surface area contributed by atoms with Crippen molar-refractivity contribution in [2.75, 3.05) is 36.5 Å². The lowest BCUT2D eigenvalue weighted by Gasteiger charge is -2.33. The molecule has 0 spiro atoms. The first-order valence-corrected chi connectivity index (χ1v) is 12.2. The molecule has 0 aromatic heterocycles. The minimum atomic E-state index is -5.77. The third-order valence-electron chi connectivity index (χ3n) is 6.41. The predicted octanol–water partition coefficient (Wildman–Crippen LogP) is 5.78. The lowest BCUT2D eigenvalue weighted by atomic mass is 9.89. The smallest absolute Gasteiger partial charge is 0.375 e. The molecule has 206 valence electrons. The van der Waals surface area contributed by atoms with E-state index in [0.29, 0.717) is 28.6 Å². The van der Waals surface area contributed by atoms with Crippen molar-refractivity contribution in [1.29, 1.82) is 0 Å². The Kier molecular flexibility index (Phi) is 8.17. The van der Waals surface area contributed by atoms with E-state index in [1.165, 1.54) is 23.2 Å². The summed E-state index contributed by atoms with van der Waals surface area (Å²) in [5, 5.41) is 8.19. The van der Waals surface area contributed by atoms with E-state index in [1.54, 1.807) is 0 Å². The molecular weight excluding hydrogens is 563 g/mol. The molecule has 3 aliphatic rings. The van der Waals surface area contributed by atoms with Gasteiger partial charge in [0.25, 0.3) is 0 Å². The largest absolute Gasteiger partial charge is 0.458 e. The fourth-order valence-electron chi connectivity index (χ4n) is 4.86. The van der Waals surface area contributed by atoms with Gasteiger partial charge in [-0.3, -0.25) is 9.59 Å². The van der Waals surface area contributed by atoms with Crippen molar-refractivity contribution in [3.63, 3.8) is 0 Å². The van der Waals surface area contributed by atoms with Crippen LogP contribution in [-0.2, 0) is 20.9 Å².